The topological polar surface area (TPSA) is 82.5 Å². The Hall–Kier alpha value is -1.27. The number of hydrogen-bond donors (Lipinski definition) is 3. The first-order valence-corrected chi connectivity index (χ1v) is 6.47. The zero-order valence-corrected chi connectivity index (χ0v) is 10.6. The minimum atomic E-state index is -0.945. The van der Waals surface area contributed by atoms with Crippen LogP contribution in [0.4, 0.5) is 0 Å². The number of carbonyl (C=O) groups is 1. The molecule has 6 heteroatoms. The van der Waals surface area contributed by atoms with Crippen molar-refractivity contribution in [1.29, 1.82) is 0 Å². The molecule has 17 heavy (non-hydrogen) atoms. The van der Waals surface area contributed by atoms with Crippen LogP contribution >= 0.6 is 11.8 Å². The van der Waals surface area contributed by atoms with Gasteiger partial charge < -0.3 is 15.5 Å². The Morgan fingerprint density at radius 3 is 2.88 bits per heavy atom. The lowest BCUT2D eigenvalue weighted by Gasteiger charge is -2.22. The fourth-order valence-corrected chi connectivity index (χ4v) is 2.01. The van der Waals surface area contributed by atoms with Crippen molar-refractivity contribution in [2.24, 2.45) is 0 Å². The lowest BCUT2D eigenvalue weighted by molar-refractivity contribution is 0.0724. The molecule has 0 aliphatic heterocycles. The van der Waals surface area contributed by atoms with Gasteiger partial charge in [-0.15, -0.1) is 0 Å². The fourth-order valence-electron chi connectivity index (χ4n) is 1.29. The first-order chi connectivity index (χ1) is 7.94. The molecule has 0 radical (unpaired) electrons. The van der Waals surface area contributed by atoms with Gasteiger partial charge in [-0.1, -0.05) is 0 Å². The van der Waals surface area contributed by atoms with Gasteiger partial charge in [0.05, 0.1) is 17.4 Å². The molecule has 0 saturated heterocycles. The number of aromatic hydroxyl groups is 1. The number of aliphatic hydroxyl groups is 1. The Bertz CT molecular complexity index is 396. The molecular formula is C11H16N2O3S. The summed E-state index contributed by atoms with van der Waals surface area (Å²) in [6, 6.07) is 1.33. The number of amides is 1. The normalized spacial score (nSPS) is 14.1. The van der Waals surface area contributed by atoms with E-state index in [-0.39, 0.29) is 23.8 Å². The summed E-state index contributed by atoms with van der Waals surface area (Å²) < 4.78 is 0. The highest BCUT2D eigenvalue weighted by Gasteiger charge is 2.20. The predicted molar refractivity (Wildman–Crippen MR) is 67.2 cm³/mol. The molecule has 94 valence electrons. The largest absolute Gasteiger partial charge is 0.506 e. The van der Waals surface area contributed by atoms with Crippen molar-refractivity contribution in [3.8, 4) is 5.75 Å². The van der Waals surface area contributed by atoms with E-state index in [1.807, 2.05) is 6.26 Å². The first-order valence-electron chi connectivity index (χ1n) is 5.08. The quantitative estimate of drug-likeness (QED) is 0.720. The maximum atomic E-state index is 11.7. The van der Waals surface area contributed by atoms with Crippen LogP contribution in [0.25, 0.3) is 0 Å². The van der Waals surface area contributed by atoms with Crippen LogP contribution in [-0.2, 0) is 0 Å². The summed E-state index contributed by atoms with van der Waals surface area (Å²) in [6.07, 6.45) is 4.49. The lowest BCUT2D eigenvalue weighted by Crippen LogP contribution is -2.42. The van der Waals surface area contributed by atoms with E-state index in [0.717, 1.165) is 0 Å². The summed E-state index contributed by atoms with van der Waals surface area (Å²) in [6.45, 7) is 1.81. The van der Waals surface area contributed by atoms with Gasteiger partial charge in [0, 0.05) is 18.5 Å². The summed E-state index contributed by atoms with van der Waals surface area (Å²) in [4.78, 5) is 15.4. The van der Waals surface area contributed by atoms with Crippen molar-refractivity contribution in [2.45, 2.75) is 12.5 Å². The second kappa shape index (κ2) is 5.88. The third-order valence-corrected chi connectivity index (χ3v) is 2.98. The molecule has 1 aromatic rings. The van der Waals surface area contributed by atoms with Crippen LogP contribution < -0.4 is 5.32 Å². The van der Waals surface area contributed by atoms with Gasteiger partial charge >= 0.3 is 0 Å². The Balaban J connectivity index is 2.56. The highest BCUT2D eigenvalue weighted by atomic mass is 32.2. The molecule has 0 aliphatic carbocycles. The maximum absolute atomic E-state index is 11.7. The first kappa shape index (κ1) is 13.8. The summed E-state index contributed by atoms with van der Waals surface area (Å²) in [5.41, 5.74) is -0.677. The molecule has 0 bridgehead atoms. The van der Waals surface area contributed by atoms with Crippen molar-refractivity contribution in [3.05, 3.63) is 24.0 Å². The minimum Gasteiger partial charge on any atom is -0.506 e. The Morgan fingerprint density at radius 1 is 1.59 bits per heavy atom. The molecule has 1 aromatic heterocycles. The Kier molecular flexibility index (Phi) is 4.77. The molecule has 1 rings (SSSR count). The minimum absolute atomic E-state index is 0.0616. The smallest absolute Gasteiger partial charge is 0.253 e. The standard InChI is InChI=1S/C11H16N2O3S/c1-11(16,7-17-2)6-13-10(15)8-3-9(14)5-12-4-8/h3-5,14,16H,6-7H2,1-2H3,(H,13,15). The highest BCUT2D eigenvalue weighted by Crippen LogP contribution is 2.11. The van der Waals surface area contributed by atoms with E-state index in [1.54, 1.807) is 6.92 Å². The average Bonchev–Trinajstić information content (AvgIpc) is 2.26. The maximum Gasteiger partial charge on any atom is 0.253 e. The summed E-state index contributed by atoms with van der Waals surface area (Å²) in [5, 5.41) is 21.6. The van der Waals surface area contributed by atoms with Crippen molar-refractivity contribution in [3.63, 3.8) is 0 Å². The van der Waals surface area contributed by atoms with Gasteiger partial charge in [-0.05, 0) is 19.2 Å². The van der Waals surface area contributed by atoms with E-state index in [0.29, 0.717) is 5.75 Å². The lowest BCUT2D eigenvalue weighted by atomic mass is 10.1. The monoisotopic (exact) mass is 256 g/mol. The summed E-state index contributed by atoms with van der Waals surface area (Å²) in [7, 11) is 0. The fraction of sp³-hybridized carbons (Fsp3) is 0.455. The van der Waals surface area contributed by atoms with Crippen LogP contribution in [0.5, 0.6) is 5.75 Å². The predicted octanol–water partition coefficient (Wildman–Crippen LogP) is 0.631. The molecule has 5 nitrogen and oxygen atoms in total. The second-order valence-corrected chi connectivity index (χ2v) is 4.91. The average molecular weight is 256 g/mol. The third kappa shape index (κ3) is 4.62. The van der Waals surface area contributed by atoms with E-state index in [1.165, 1.54) is 30.2 Å². The van der Waals surface area contributed by atoms with Gasteiger partial charge in [0.1, 0.15) is 5.75 Å². The number of thioether (sulfide) groups is 1. The molecule has 0 saturated carbocycles. The van der Waals surface area contributed by atoms with Gasteiger partial charge in [-0.2, -0.15) is 11.8 Å². The summed E-state index contributed by atoms with van der Waals surface area (Å²) >= 11 is 1.50. The molecule has 1 atom stereocenters. The molecule has 3 N–H and O–H groups in total. The molecular weight excluding hydrogens is 240 g/mol. The van der Waals surface area contributed by atoms with Crippen LogP contribution in [0.3, 0.4) is 0 Å². The van der Waals surface area contributed by atoms with Crippen LogP contribution in [0, 0.1) is 0 Å². The number of hydrogen-bond acceptors (Lipinski definition) is 5. The van der Waals surface area contributed by atoms with Gasteiger partial charge in [0.2, 0.25) is 0 Å². The van der Waals surface area contributed by atoms with E-state index in [9.17, 15) is 15.0 Å². The zero-order valence-electron chi connectivity index (χ0n) is 9.80. The van der Waals surface area contributed by atoms with Crippen molar-refractivity contribution in [1.82, 2.24) is 10.3 Å². The molecule has 1 heterocycles. The molecule has 0 fully saturated rings. The van der Waals surface area contributed by atoms with E-state index >= 15 is 0 Å². The van der Waals surface area contributed by atoms with Gasteiger partial charge in [0.15, 0.2) is 0 Å². The van der Waals surface area contributed by atoms with Crippen LogP contribution in [0.1, 0.15) is 17.3 Å². The van der Waals surface area contributed by atoms with Crippen molar-refractivity contribution < 1.29 is 15.0 Å². The van der Waals surface area contributed by atoms with E-state index in [4.69, 9.17) is 0 Å². The number of pyridine rings is 1. The van der Waals surface area contributed by atoms with Crippen LogP contribution in [-0.4, -0.2) is 45.3 Å². The number of aromatic nitrogens is 1. The molecule has 1 unspecified atom stereocenters. The van der Waals surface area contributed by atoms with E-state index in [2.05, 4.69) is 10.3 Å². The van der Waals surface area contributed by atoms with Crippen LogP contribution in [0.15, 0.2) is 18.5 Å². The highest BCUT2D eigenvalue weighted by molar-refractivity contribution is 7.98. The molecule has 0 aliphatic rings. The number of rotatable bonds is 5. The van der Waals surface area contributed by atoms with Gasteiger partial charge in [-0.25, -0.2) is 0 Å². The summed E-state index contributed by atoms with van der Waals surface area (Å²) in [5.74, 6) is 0.106. The van der Waals surface area contributed by atoms with Gasteiger partial charge in [0.25, 0.3) is 5.91 Å². The SMILES string of the molecule is CSCC(C)(O)CNC(=O)c1cncc(O)c1. The number of carbonyl (C=O) groups excluding carboxylic acids is 1. The number of nitrogens with zero attached hydrogens (tertiary/aromatic N) is 1. The number of nitrogens with one attached hydrogen (secondary N) is 1. The van der Waals surface area contributed by atoms with Crippen LogP contribution in [0.2, 0.25) is 0 Å². The molecule has 0 spiro atoms. The van der Waals surface area contributed by atoms with E-state index < -0.39 is 5.60 Å². The molecule has 1 amide bonds. The Labute approximate surface area is 104 Å². The third-order valence-electron chi connectivity index (χ3n) is 2.07. The van der Waals surface area contributed by atoms with Crippen molar-refractivity contribution >= 4 is 17.7 Å². The molecule has 0 aromatic carbocycles. The Morgan fingerprint density at radius 2 is 2.29 bits per heavy atom. The van der Waals surface area contributed by atoms with Crippen molar-refractivity contribution in [2.75, 3.05) is 18.6 Å². The van der Waals surface area contributed by atoms with Gasteiger partial charge in [-0.3, -0.25) is 9.78 Å². The zero-order chi connectivity index (χ0) is 12.9. The second-order valence-electron chi connectivity index (χ2n) is 4.04.